The summed E-state index contributed by atoms with van der Waals surface area (Å²) in [5.41, 5.74) is 0. The van der Waals surface area contributed by atoms with Crippen LogP contribution in [-0.4, -0.2) is 38.8 Å². The predicted molar refractivity (Wildman–Crippen MR) is 62.3 cm³/mol. The summed E-state index contributed by atoms with van der Waals surface area (Å²) in [5, 5.41) is 4.53. The van der Waals surface area contributed by atoms with Crippen molar-refractivity contribution < 1.29 is 8.42 Å². The normalized spacial score (nSPS) is 24.2. The van der Waals surface area contributed by atoms with E-state index in [9.17, 15) is 8.42 Å². The van der Waals surface area contributed by atoms with Gasteiger partial charge in [-0.05, 0) is 31.4 Å². The third-order valence-corrected chi connectivity index (χ3v) is 4.20. The van der Waals surface area contributed by atoms with Crippen LogP contribution < -0.4 is 5.32 Å². The van der Waals surface area contributed by atoms with Crippen molar-refractivity contribution in [2.75, 3.05) is 24.3 Å². The van der Waals surface area contributed by atoms with E-state index in [2.05, 4.69) is 11.6 Å². The van der Waals surface area contributed by atoms with Gasteiger partial charge >= 0.3 is 0 Å². The summed E-state index contributed by atoms with van der Waals surface area (Å²) in [7, 11) is -2.89. The van der Waals surface area contributed by atoms with Gasteiger partial charge in [-0.3, -0.25) is 0 Å². The van der Waals surface area contributed by atoms with E-state index in [1.54, 1.807) is 6.08 Å². The van der Waals surface area contributed by atoms with Crippen LogP contribution in [0.3, 0.4) is 0 Å². The minimum absolute atomic E-state index is 0.0364. The summed E-state index contributed by atoms with van der Waals surface area (Å²) in [4.78, 5) is 0. The van der Waals surface area contributed by atoms with Crippen molar-refractivity contribution in [2.45, 2.75) is 18.9 Å². The topological polar surface area (TPSA) is 46.2 Å². The summed E-state index contributed by atoms with van der Waals surface area (Å²) in [6.45, 7) is 0.908. The molecule has 1 rings (SSSR count). The molecule has 1 heterocycles. The van der Waals surface area contributed by atoms with E-state index >= 15 is 0 Å². The molecule has 0 aliphatic carbocycles. The quantitative estimate of drug-likeness (QED) is 0.699. The van der Waals surface area contributed by atoms with Crippen LogP contribution in [0.1, 0.15) is 12.8 Å². The summed E-state index contributed by atoms with van der Waals surface area (Å²) in [5.74, 6) is 1.41. The zero-order valence-corrected chi connectivity index (χ0v) is 10.0. The highest BCUT2D eigenvalue weighted by molar-refractivity contribution is 7.98. The number of sulfone groups is 1. The second kappa shape index (κ2) is 5.78. The first-order valence-electron chi connectivity index (χ1n) is 4.77. The van der Waals surface area contributed by atoms with Gasteiger partial charge in [0.05, 0.1) is 5.75 Å². The van der Waals surface area contributed by atoms with Crippen molar-refractivity contribution in [1.29, 1.82) is 0 Å². The number of unbranched alkanes of at least 4 members (excludes halogenated alkanes) is 1. The molecule has 1 atom stereocenters. The Labute approximate surface area is 90.3 Å². The maximum Gasteiger partial charge on any atom is 0.173 e. The third kappa shape index (κ3) is 4.48. The fourth-order valence-corrected chi connectivity index (χ4v) is 3.12. The molecule has 1 aliphatic rings. The molecule has 0 saturated heterocycles. The van der Waals surface area contributed by atoms with Gasteiger partial charge in [0.1, 0.15) is 0 Å². The number of rotatable bonds is 6. The van der Waals surface area contributed by atoms with Crippen LogP contribution in [0.5, 0.6) is 0 Å². The zero-order valence-electron chi connectivity index (χ0n) is 8.40. The lowest BCUT2D eigenvalue weighted by Crippen LogP contribution is -2.30. The Morgan fingerprint density at radius 1 is 1.50 bits per heavy atom. The molecule has 1 N–H and O–H groups in total. The number of hydrogen-bond donors (Lipinski definition) is 1. The van der Waals surface area contributed by atoms with Crippen molar-refractivity contribution in [3.8, 4) is 0 Å². The SMILES string of the molecule is CSCCCCNC1C=CS(=O)(=O)C1. The first-order chi connectivity index (χ1) is 6.64. The molecule has 0 amide bonds. The minimum atomic E-state index is -2.89. The highest BCUT2D eigenvalue weighted by atomic mass is 32.2. The Hall–Kier alpha value is -0.0000000000000000555. The van der Waals surface area contributed by atoms with Gasteiger partial charge in [0.15, 0.2) is 9.84 Å². The fourth-order valence-electron chi connectivity index (χ4n) is 1.36. The Morgan fingerprint density at radius 3 is 2.86 bits per heavy atom. The first-order valence-corrected chi connectivity index (χ1v) is 7.88. The average molecular weight is 235 g/mol. The van der Waals surface area contributed by atoms with Gasteiger partial charge < -0.3 is 5.32 Å². The van der Waals surface area contributed by atoms with Crippen molar-refractivity contribution in [3.63, 3.8) is 0 Å². The van der Waals surface area contributed by atoms with E-state index in [0.29, 0.717) is 0 Å². The lowest BCUT2D eigenvalue weighted by Gasteiger charge is -2.08. The van der Waals surface area contributed by atoms with Gasteiger partial charge in [0, 0.05) is 11.4 Å². The predicted octanol–water partition coefficient (Wildman–Crippen LogP) is 1.03. The molecule has 82 valence electrons. The lowest BCUT2D eigenvalue weighted by atomic mass is 10.3. The van der Waals surface area contributed by atoms with Crippen LogP contribution in [0.25, 0.3) is 0 Å². The first kappa shape index (κ1) is 12.1. The molecular formula is C9H17NO2S2. The second-order valence-corrected chi connectivity index (χ2v) is 6.34. The van der Waals surface area contributed by atoms with Gasteiger partial charge in [0.25, 0.3) is 0 Å². The van der Waals surface area contributed by atoms with Gasteiger partial charge in [-0.1, -0.05) is 6.08 Å². The molecule has 3 nitrogen and oxygen atoms in total. The van der Waals surface area contributed by atoms with Crippen molar-refractivity contribution >= 4 is 21.6 Å². The van der Waals surface area contributed by atoms with Crippen LogP contribution in [0, 0.1) is 0 Å². The van der Waals surface area contributed by atoms with E-state index in [1.807, 2.05) is 11.8 Å². The molecule has 0 spiro atoms. The summed E-state index contributed by atoms with van der Waals surface area (Å²) >= 11 is 1.85. The molecule has 0 aromatic rings. The highest BCUT2D eigenvalue weighted by Gasteiger charge is 2.20. The van der Waals surface area contributed by atoms with Crippen LogP contribution in [-0.2, 0) is 9.84 Å². The standard InChI is InChI=1S/C9H17NO2S2/c1-13-6-3-2-5-10-9-4-7-14(11,12)8-9/h4,7,9-10H,2-3,5-6,8H2,1H3. The Bertz CT molecular complexity index is 285. The van der Waals surface area contributed by atoms with E-state index in [0.717, 1.165) is 13.0 Å². The second-order valence-electron chi connectivity index (χ2n) is 3.42. The largest absolute Gasteiger partial charge is 0.310 e. The summed E-state index contributed by atoms with van der Waals surface area (Å²) in [6.07, 6.45) is 6.15. The van der Waals surface area contributed by atoms with Crippen molar-refractivity contribution in [2.24, 2.45) is 0 Å². The number of nitrogens with one attached hydrogen (secondary N) is 1. The number of hydrogen-bond acceptors (Lipinski definition) is 4. The summed E-state index contributed by atoms with van der Waals surface area (Å²) < 4.78 is 22.1. The fraction of sp³-hybridized carbons (Fsp3) is 0.778. The zero-order chi connectivity index (χ0) is 10.4. The molecule has 5 heteroatoms. The minimum Gasteiger partial charge on any atom is -0.310 e. The Kier molecular flexibility index (Phi) is 4.98. The van der Waals surface area contributed by atoms with Crippen molar-refractivity contribution in [3.05, 3.63) is 11.5 Å². The maximum atomic E-state index is 11.0. The molecule has 0 aromatic carbocycles. The molecule has 0 fully saturated rings. The van der Waals surface area contributed by atoms with Gasteiger partial charge in [-0.15, -0.1) is 0 Å². The van der Waals surface area contributed by atoms with Crippen molar-refractivity contribution in [1.82, 2.24) is 5.32 Å². The van der Waals surface area contributed by atoms with E-state index in [1.165, 1.54) is 17.6 Å². The Balaban J connectivity index is 2.07. The van der Waals surface area contributed by atoms with Crippen LogP contribution in [0.2, 0.25) is 0 Å². The van der Waals surface area contributed by atoms with Crippen LogP contribution in [0.15, 0.2) is 11.5 Å². The molecule has 14 heavy (non-hydrogen) atoms. The van der Waals surface area contributed by atoms with Crippen LogP contribution >= 0.6 is 11.8 Å². The van der Waals surface area contributed by atoms with E-state index in [-0.39, 0.29) is 11.8 Å². The molecule has 1 aliphatic heterocycles. The smallest absolute Gasteiger partial charge is 0.173 e. The molecule has 0 radical (unpaired) electrons. The maximum absolute atomic E-state index is 11.0. The summed E-state index contributed by atoms with van der Waals surface area (Å²) in [6, 6.07) is 0.0364. The number of thioether (sulfide) groups is 1. The van der Waals surface area contributed by atoms with E-state index < -0.39 is 9.84 Å². The monoisotopic (exact) mass is 235 g/mol. The molecule has 0 bridgehead atoms. The van der Waals surface area contributed by atoms with Gasteiger partial charge in [-0.2, -0.15) is 11.8 Å². The van der Waals surface area contributed by atoms with Gasteiger partial charge in [-0.25, -0.2) is 8.42 Å². The Morgan fingerprint density at radius 2 is 2.29 bits per heavy atom. The molecule has 0 saturated carbocycles. The highest BCUT2D eigenvalue weighted by Crippen LogP contribution is 2.07. The van der Waals surface area contributed by atoms with Gasteiger partial charge in [0.2, 0.25) is 0 Å². The molecule has 0 aromatic heterocycles. The lowest BCUT2D eigenvalue weighted by molar-refractivity contribution is 0.582. The molecular weight excluding hydrogens is 218 g/mol. The third-order valence-electron chi connectivity index (χ3n) is 2.11. The average Bonchev–Trinajstić information content (AvgIpc) is 2.45. The van der Waals surface area contributed by atoms with Crippen LogP contribution in [0.4, 0.5) is 0 Å². The van der Waals surface area contributed by atoms with E-state index in [4.69, 9.17) is 0 Å². The molecule has 1 unspecified atom stereocenters.